The van der Waals surface area contributed by atoms with E-state index in [-0.39, 0.29) is 0 Å². The summed E-state index contributed by atoms with van der Waals surface area (Å²) >= 11 is 0. The molecule has 0 radical (unpaired) electrons. The summed E-state index contributed by atoms with van der Waals surface area (Å²) in [5.74, 6) is 0.690. The third-order valence-corrected chi connectivity index (χ3v) is 3.66. The van der Waals surface area contributed by atoms with Crippen LogP contribution in [0.5, 0.6) is 0 Å². The van der Waals surface area contributed by atoms with Crippen molar-refractivity contribution in [2.75, 3.05) is 33.4 Å². The quantitative estimate of drug-likeness (QED) is 0.722. The van der Waals surface area contributed by atoms with Gasteiger partial charge in [0.1, 0.15) is 0 Å². The monoisotopic (exact) mass is 214 g/mol. The van der Waals surface area contributed by atoms with E-state index >= 15 is 0 Å². The van der Waals surface area contributed by atoms with Gasteiger partial charge in [0.2, 0.25) is 0 Å². The SMILES string of the molecule is CCNCC(C)C(C)N(C)C1CCOC1. The van der Waals surface area contributed by atoms with Crippen LogP contribution in [0.4, 0.5) is 0 Å². The number of likely N-dealkylation sites (N-methyl/N-ethyl adjacent to an activating group) is 1. The minimum absolute atomic E-state index is 0.621. The molecule has 1 heterocycles. The zero-order valence-electron chi connectivity index (χ0n) is 10.6. The van der Waals surface area contributed by atoms with Crippen LogP contribution >= 0.6 is 0 Å². The maximum Gasteiger partial charge on any atom is 0.0622 e. The molecule has 0 aliphatic carbocycles. The van der Waals surface area contributed by atoms with Crippen molar-refractivity contribution < 1.29 is 4.74 Å². The fraction of sp³-hybridized carbons (Fsp3) is 1.00. The zero-order chi connectivity index (χ0) is 11.3. The molecule has 0 saturated carbocycles. The van der Waals surface area contributed by atoms with Gasteiger partial charge < -0.3 is 10.1 Å². The van der Waals surface area contributed by atoms with E-state index in [9.17, 15) is 0 Å². The zero-order valence-corrected chi connectivity index (χ0v) is 10.6. The second-order valence-corrected chi connectivity index (χ2v) is 4.71. The molecule has 90 valence electrons. The minimum atomic E-state index is 0.621. The van der Waals surface area contributed by atoms with Crippen LogP contribution in [0.1, 0.15) is 27.2 Å². The van der Waals surface area contributed by atoms with E-state index in [1.54, 1.807) is 0 Å². The first-order chi connectivity index (χ1) is 7.16. The number of hydrogen-bond donors (Lipinski definition) is 1. The average molecular weight is 214 g/mol. The number of ether oxygens (including phenoxy) is 1. The van der Waals surface area contributed by atoms with Gasteiger partial charge in [0.05, 0.1) is 6.61 Å². The molecule has 0 aromatic carbocycles. The molecule has 0 aromatic rings. The van der Waals surface area contributed by atoms with Gasteiger partial charge in [-0.05, 0) is 39.4 Å². The number of nitrogens with one attached hydrogen (secondary N) is 1. The molecule has 1 aliphatic heterocycles. The molecule has 3 atom stereocenters. The van der Waals surface area contributed by atoms with Crippen LogP contribution < -0.4 is 5.32 Å². The molecule has 1 saturated heterocycles. The molecular weight excluding hydrogens is 188 g/mol. The molecule has 0 aromatic heterocycles. The van der Waals surface area contributed by atoms with Gasteiger partial charge in [-0.2, -0.15) is 0 Å². The normalized spacial score (nSPS) is 25.8. The first-order valence-electron chi connectivity index (χ1n) is 6.17. The van der Waals surface area contributed by atoms with Crippen molar-refractivity contribution in [3.8, 4) is 0 Å². The van der Waals surface area contributed by atoms with Crippen molar-refractivity contribution >= 4 is 0 Å². The standard InChI is InChI=1S/C12H26N2O/c1-5-13-8-10(2)11(3)14(4)12-6-7-15-9-12/h10-13H,5-9H2,1-4H3. The topological polar surface area (TPSA) is 24.5 Å². The Morgan fingerprint density at radius 2 is 2.20 bits per heavy atom. The number of nitrogens with zero attached hydrogens (tertiary/aromatic N) is 1. The van der Waals surface area contributed by atoms with E-state index in [2.05, 4.69) is 38.0 Å². The minimum Gasteiger partial charge on any atom is -0.380 e. The maximum atomic E-state index is 5.43. The molecule has 15 heavy (non-hydrogen) atoms. The summed E-state index contributed by atoms with van der Waals surface area (Å²) in [6, 6.07) is 1.25. The average Bonchev–Trinajstić information content (AvgIpc) is 2.77. The predicted octanol–water partition coefficient (Wildman–Crippen LogP) is 1.34. The number of rotatable bonds is 6. The third-order valence-electron chi connectivity index (χ3n) is 3.66. The summed E-state index contributed by atoms with van der Waals surface area (Å²) < 4.78 is 5.43. The van der Waals surface area contributed by atoms with Crippen LogP contribution in [0.15, 0.2) is 0 Å². The Kier molecular flexibility index (Phi) is 5.58. The predicted molar refractivity (Wildman–Crippen MR) is 64.2 cm³/mol. The Balaban J connectivity index is 2.33. The van der Waals surface area contributed by atoms with E-state index in [1.165, 1.54) is 6.42 Å². The van der Waals surface area contributed by atoms with Crippen LogP contribution in [0.25, 0.3) is 0 Å². The molecule has 1 N–H and O–H groups in total. The van der Waals surface area contributed by atoms with Gasteiger partial charge in [-0.3, -0.25) is 4.90 Å². The maximum absolute atomic E-state index is 5.43. The summed E-state index contributed by atoms with van der Waals surface area (Å²) in [6.45, 7) is 10.8. The first kappa shape index (κ1) is 12.9. The third kappa shape index (κ3) is 3.74. The van der Waals surface area contributed by atoms with E-state index in [1.807, 2.05) is 0 Å². The Bertz CT molecular complexity index is 169. The molecule has 0 spiro atoms. The summed E-state index contributed by atoms with van der Waals surface area (Å²) in [5, 5.41) is 3.42. The number of hydrogen-bond acceptors (Lipinski definition) is 3. The fourth-order valence-corrected chi connectivity index (χ4v) is 2.12. The Hall–Kier alpha value is -0.120. The van der Waals surface area contributed by atoms with Crippen LogP contribution in [0.3, 0.4) is 0 Å². The van der Waals surface area contributed by atoms with E-state index in [4.69, 9.17) is 4.74 Å². The van der Waals surface area contributed by atoms with Crippen molar-refractivity contribution in [3.05, 3.63) is 0 Å². The van der Waals surface area contributed by atoms with E-state index < -0.39 is 0 Å². The highest BCUT2D eigenvalue weighted by Gasteiger charge is 2.26. The van der Waals surface area contributed by atoms with Crippen molar-refractivity contribution in [1.29, 1.82) is 0 Å². The van der Waals surface area contributed by atoms with Crippen LogP contribution in [-0.4, -0.2) is 50.3 Å². The molecule has 3 heteroatoms. The summed E-state index contributed by atoms with van der Waals surface area (Å²) in [5.41, 5.74) is 0. The van der Waals surface area contributed by atoms with Crippen LogP contribution in [0, 0.1) is 5.92 Å². The first-order valence-corrected chi connectivity index (χ1v) is 6.17. The lowest BCUT2D eigenvalue weighted by Crippen LogP contribution is -2.44. The van der Waals surface area contributed by atoms with Crippen LogP contribution in [0.2, 0.25) is 0 Å². The molecule has 3 nitrogen and oxygen atoms in total. The molecule has 1 aliphatic rings. The molecular formula is C12H26N2O. The largest absolute Gasteiger partial charge is 0.380 e. The Labute approximate surface area is 94.2 Å². The van der Waals surface area contributed by atoms with Crippen LogP contribution in [-0.2, 0) is 4.74 Å². The lowest BCUT2D eigenvalue weighted by Gasteiger charge is -2.33. The van der Waals surface area contributed by atoms with Gasteiger partial charge in [0, 0.05) is 18.7 Å². The van der Waals surface area contributed by atoms with Crippen molar-refractivity contribution in [2.45, 2.75) is 39.3 Å². The van der Waals surface area contributed by atoms with Gasteiger partial charge in [0.15, 0.2) is 0 Å². The van der Waals surface area contributed by atoms with Gasteiger partial charge in [0.25, 0.3) is 0 Å². The highest BCUT2D eigenvalue weighted by molar-refractivity contribution is 4.80. The highest BCUT2D eigenvalue weighted by atomic mass is 16.5. The second-order valence-electron chi connectivity index (χ2n) is 4.71. The van der Waals surface area contributed by atoms with Gasteiger partial charge >= 0.3 is 0 Å². The van der Waals surface area contributed by atoms with Crippen molar-refractivity contribution in [2.24, 2.45) is 5.92 Å². The van der Waals surface area contributed by atoms with Gasteiger partial charge in [-0.1, -0.05) is 13.8 Å². The lowest BCUT2D eigenvalue weighted by molar-refractivity contribution is 0.115. The van der Waals surface area contributed by atoms with Gasteiger partial charge in [-0.15, -0.1) is 0 Å². The molecule has 0 bridgehead atoms. The highest BCUT2D eigenvalue weighted by Crippen LogP contribution is 2.17. The second kappa shape index (κ2) is 6.46. The molecule has 1 fully saturated rings. The van der Waals surface area contributed by atoms with E-state index in [0.717, 1.165) is 26.3 Å². The van der Waals surface area contributed by atoms with Gasteiger partial charge in [-0.25, -0.2) is 0 Å². The molecule has 0 amide bonds. The Morgan fingerprint density at radius 3 is 2.73 bits per heavy atom. The summed E-state index contributed by atoms with van der Waals surface area (Å²) in [7, 11) is 2.23. The summed E-state index contributed by atoms with van der Waals surface area (Å²) in [4.78, 5) is 2.48. The summed E-state index contributed by atoms with van der Waals surface area (Å²) in [6.07, 6.45) is 1.19. The van der Waals surface area contributed by atoms with E-state index in [0.29, 0.717) is 18.0 Å². The molecule has 3 unspecified atom stereocenters. The lowest BCUT2D eigenvalue weighted by atomic mass is 10.0. The molecule has 1 rings (SSSR count). The van der Waals surface area contributed by atoms with Crippen molar-refractivity contribution in [3.63, 3.8) is 0 Å². The van der Waals surface area contributed by atoms with Crippen molar-refractivity contribution in [1.82, 2.24) is 10.2 Å². The Morgan fingerprint density at radius 1 is 1.47 bits per heavy atom. The smallest absolute Gasteiger partial charge is 0.0622 e. The fourth-order valence-electron chi connectivity index (χ4n) is 2.12.